The highest BCUT2D eigenvalue weighted by atomic mass is 16.5. The molecule has 0 aliphatic heterocycles. The molecule has 8 heteroatoms. The maximum Gasteiger partial charge on any atom is 0.239 e. The van der Waals surface area contributed by atoms with Gasteiger partial charge in [-0.2, -0.15) is 0 Å². The number of hydrogen-bond donors (Lipinski definition) is 0. The van der Waals surface area contributed by atoms with E-state index in [-0.39, 0.29) is 28.1 Å². The third-order valence-electron chi connectivity index (χ3n) is 5.07. The number of fused-ring (bicyclic) bond motifs is 1. The molecule has 31 heavy (non-hydrogen) atoms. The van der Waals surface area contributed by atoms with Gasteiger partial charge in [0.2, 0.25) is 16.9 Å². The van der Waals surface area contributed by atoms with Crippen LogP contribution in [0.1, 0.15) is 12.5 Å². The molecule has 0 atom stereocenters. The summed E-state index contributed by atoms with van der Waals surface area (Å²) < 4.78 is 39.1. The van der Waals surface area contributed by atoms with Crippen LogP contribution >= 0.6 is 0 Å². The van der Waals surface area contributed by atoms with Gasteiger partial charge in [-0.25, -0.2) is 0 Å². The van der Waals surface area contributed by atoms with Crippen molar-refractivity contribution in [2.75, 3.05) is 42.7 Å². The number of rotatable bonds is 8. The molecular formula is C23H26O8. The molecule has 0 aliphatic carbocycles. The molecule has 0 unspecified atom stereocenters. The van der Waals surface area contributed by atoms with Crippen molar-refractivity contribution in [3.05, 3.63) is 34.0 Å². The van der Waals surface area contributed by atoms with Gasteiger partial charge in [0, 0.05) is 11.1 Å². The van der Waals surface area contributed by atoms with Gasteiger partial charge in [-0.15, -0.1) is 0 Å². The third-order valence-corrected chi connectivity index (χ3v) is 5.07. The summed E-state index contributed by atoms with van der Waals surface area (Å²) in [6, 6.07) is 5.21. The van der Waals surface area contributed by atoms with E-state index in [1.54, 1.807) is 25.3 Å². The Morgan fingerprint density at radius 2 is 1.35 bits per heavy atom. The molecule has 0 N–H and O–H groups in total. The van der Waals surface area contributed by atoms with E-state index in [9.17, 15) is 4.79 Å². The van der Waals surface area contributed by atoms with E-state index in [2.05, 4.69) is 0 Å². The highest BCUT2D eigenvalue weighted by Gasteiger charge is 2.28. The zero-order valence-corrected chi connectivity index (χ0v) is 18.7. The minimum Gasteiger partial charge on any atom is -0.493 e. The van der Waals surface area contributed by atoms with Gasteiger partial charge in [0.1, 0.15) is 11.0 Å². The Bertz CT molecular complexity index is 1160. The molecule has 0 spiro atoms. The molecule has 1 aromatic heterocycles. The molecule has 0 fully saturated rings. The lowest BCUT2D eigenvalue weighted by molar-refractivity contribution is 0.323. The van der Waals surface area contributed by atoms with Crippen molar-refractivity contribution in [3.8, 4) is 45.8 Å². The molecule has 3 aromatic rings. The minimum absolute atomic E-state index is 0.0345. The van der Waals surface area contributed by atoms with E-state index in [4.69, 9.17) is 32.8 Å². The first kappa shape index (κ1) is 22.1. The maximum absolute atomic E-state index is 13.5. The zero-order chi connectivity index (χ0) is 22.7. The molecule has 0 saturated heterocycles. The first-order valence-electron chi connectivity index (χ1n) is 9.59. The molecule has 8 nitrogen and oxygen atoms in total. The fourth-order valence-corrected chi connectivity index (χ4v) is 3.66. The predicted molar refractivity (Wildman–Crippen MR) is 117 cm³/mol. The van der Waals surface area contributed by atoms with E-state index in [0.717, 1.165) is 0 Å². The van der Waals surface area contributed by atoms with Crippen LogP contribution in [0.15, 0.2) is 27.4 Å². The molecule has 0 radical (unpaired) electrons. The Labute approximate surface area is 180 Å². The normalized spacial score (nSPS) is 10.7. The van der Waals surface area contributed by atoms with Gasteiger partial charge in [0.25, 0.3) is 0 Å². The summed E-state index contributed by atoms with van der Waals surface area (Å²) in [6.07, 6.45) is 0.528. The summed E-state index contributed by atoms with van der Waals surface area (Å²) in [5.74, 6) is 2.32. The molecule has 1 heterocycles. The van der Waals surface area contributed by atoms with Crippen molar-refractivity contribution < 1.29 is 32.8 Å². The van der Waals surface area contributed by atoms with E-state index in [0.29, 0.717) is 46.1 Å². The second-order valence-corrected chi connectivity index (χ2v) is 6.50. The second-order valence-electron chi connectivity index (χ2n) is 6.50. The summed E-state index contributed by atoms with van der Waals surface area (Å²) in [7, 11) is 8.97. The van der Waals surface area contributed by atoms with Crippen LogP contribution in [-0.2, 0) is 6.42 Å². The fraction of sp³-hybridized carbons (Fsp3) is 0.348. The number of methoxy groups -OCH3 is 6. The van der Waals surface area contributed by atoms with Crippen molar-refractivity contribution in [3.63, 3.8) is 0 Å². The SMILES string of the molecule is CCc1c(OC)c(OC)c(OC)c2c(=O)c(OC)c(-c3ccc(OC)c(OC)c3)oc12. The summed E-state index contributed by atoms with van der Waals surface area (Å²) >= 11 is 0. The van der Waals surface area contributed by atoms with Crippen LogP contribution in [0.3, 0.4) is 0 Å². The standard InChI is InChI=1S/C23H26O8/c1-8-13-19-16(21(28-5)23(30-7)20(13)27-4)17(24)22(29-6)18(31-19)12-9-10-14(25-2)15(11-12)26-3/h9-11H,8H2,1-7H3. The molecule has 0 bridgehead atoms. The summed E-state index contributed by atoms with van der Waals surface area (Å²) in [4.78, 5) is 13.5. The van der Waals surface area contributed by atoms with Gasteiger partial charge in [-0.05, 0) is 24.6 Å². The maximum atomic E-state index is 13.5. The average molecular weight is 430 g/mol. The van der Waals surface area contributed by atoms with Crippen LogP contribution in [-0.4, -0.2) is 42.7 Å². The van der Waals surface area contributed by atoms with Crippen LogP contribution in [0, 0.1) is 0 Å². The fourth-order valence-electron chi connectivity index (χ4n) is 3.66. The van der Waals surface area contributed by atoms with Gasteiger partial charge in [-0.3, -0.25) is 4.79 Å². The van der Waals surface area contributed by atoms with Crippen LogP contribution in [0.2, 0.25) is 0 Å². The summed E-state index contributed by atoms with van der Waals surface area (Å²) in [6.45, 7) is 1.93. The van der Waals surface area contributed by atoms with Crippen LogP contribution < -0.4 is 33.8 Å². The molecule has 3 rings (SSSR count). The number of benzene rings is 2. The Kier molecular flexibility index (Phi) is 6.48. The average Bonchev–Trinajstić information content (AvgIpc) is 2.81. The summed E-state index contributed by atoms with van der Waals surface area (Å²) in [5.41, 5.74) is 1.22. The molecular weight excluding hydrogens is 404 g/mol. The molecule has 2 aromatic carbocycles. The zero-order valence-electron chi connectivity index (χ0n) is 18.7. The summed E-state index contributed by atoms with van der Waals surface area (Å²) in [5, 5.41) is 0.220. The minimum atomic E-state index is -0.388. The molecule has 166 valence electrons. The lowest BCUT2D eigenvalue weighted by atomic mass is 10.0. The van der Waals surface area contributed by atoms with Crippen molar-refractivity contribution in [1.29, 1.82) is 0 Å². The quantitative estimate of drug-likeness (QED) is 0.529. The first-order valence-corrected chi connectivity index (χ1v) is 9.59. The van der Waals surface area contributed by atoms with Gasteiger partial charge < -0.3 is 32.8 Å². The Morgan fingerprint density at radius 1 is 0.742 bits per heavy atom. The Balaban J connectivity index is 2.50. The van der Waals surface area contributed by atoms with E-state index in [1.165, 1.54) is 35.5 Å². The van der Waals surface area contributed by atoms with Crippen molar-refractivity contribution >= 4 is 11.0 Å². The molecule has 0 amide bonds. The van der Waals surface area contributed by atoms with Gasteiger partial charge in [-0.1, -0.05) is 6.92 Å². The van der Waals surface area contributed by atoms with Crippen LogP contribution in [0.25, 0.3) is 22.3 Å². The van der Waals surface area contributed by atoms with Crippen LogP contribution in [0.5, 0.6) is 34.5 Å². The number of hydrogen-bond acceptors (Lipinski definition) is 8. The monoisotopic (exact) mass is 430 g/mol. The molecule has 0 saturated carbocycles. The van der Waals surface area contributed by atoms with Gasteiger partial charge in [0.05, 0.1) is 42.7 Å². The first-order chi connectivity index (χ1) is 15.0. The smallest absolute Gasteiger partial charge is 0.239 e. The highest BCUT2D eigenvalue weighted by molar-refractivity contribution is 5.94. The van der Waals surface area contributed by atoms with Crippen LogP contribution in [0.4, 0.5) is 0 Å². The number of aryl methyl sites for hydroxylation is 1. The topological polar surface area (TPSA) is 85.6 Å². The van der Waals surface area contributed by atoms with Gasteiger partial charge in [0.15, 0.2) is 28.8 Å². The van der Waals surface area contributed by atoms with Gasteiger partial charge >= 0.3 is 0 Å². The Morgan fingerprint density at radius 3 is 1.87 bits per heavy atom. The van der Waals surface area contributed by atoms with E-state index >= 15 is 0 Å². The van der Waals surface area contributed by atoms with Crippen molar-refractivity contribution in [1.82, 2.24) is 0 Å². The predicted octanol–water partition coefficient (Wildman–Crippen LogP) is 4.07. The lowest BCUT2D eigenvalue weighted by Crippen LogP contribution is -2.11. The van der Waals surface area contributed by atoms with Crippen molar-refractivity contribution in [2.24, 2.45) is 0 Å². The molecule has 0 aliphatic rings. The largest absolute Gasteiger partial charge is 0.493 e. The second kappa shape index (κ2) is 9.07. The highest BCUT2D eigenvalue weighted by Crippen LogP contribution is 2.48. The van der Waals surface area contributed by atoms with Crippen molar-refractivity contribution in [2.45, 2.75) is 13.3 Å². The third kappa shape index (κ3) is 3.48. The lowest BCUT2D eigenvalue weighted by Gasteiger charge is -2.19. The van der Waals surface area contributed by atoms with E-state index in [1.807, 2.05) is 6.92 Å². The van der Waals surface area contributed by atoms with E-state index < -0.39 is 0 Å². The Hall–Kier alpha value is -3.55. The number of ether oxygens (including phenoxy) is 6.